The molecule has 0 radical (unpaired) electrons. The number of hydrogen-bond donors (Lipinski definition) is 2. The van der Waals surface area contributed by atoms with Crippen molar-refractivity contribution >= 4 is 0 Å². The van der Waals surface area contributed by atoms with Crippen LogP contribution >= 0.6 is 0 Å². The topological polar surface area (TPSA) is 53.6 Å². The van der Waals surface area contributed by atoms with Gasteiger partial charge in [0.1, 0.15) is 11.5 Å². The quantitative estimate of drug-likeness (QED) is 0.651. The Morgan fingerprint density at radius 2 is 1.38 bits per heavy atom. The first kappa shape index (κ1) is 9.19. The highest BCUT2D eigenvalue weighted by Crippen LogP contribution is 2.14. The summed E-state index contributed by atoms with van der Waals surface area (Å²) in [5.74, 6) is 0.176. The van der Waals surface area contributed by atoms with Gasteiger partial charge in [-0.3, -0.25) is 0 Å². The second-order valence-electron chi connectivity index (χ2n) is 2.31. The van der Waals surface area contributed by atoms with Crippen LogP contribution in [0.2, 0.25) is 0 Å². The van der Waals surface area contributed by atoms with Crippen molar-refractivity contribution in [2.75, 3.05) is 0 Å². The lowest BCUT2D eigenvalue weighted by atomic mass is 10.3. The van der Waals surface area contributed by atoms with Gasteiger partial charge in [0.15, 0.2) is 0 Å². The Labute approximate surface area is 75.9 Å². The minimum Gasteiger partial charge on any atom is -0.508 e. The molecule has 2 N–H and O–H groups in total. The molecule has 2 aromatic rings. The molecule has 0 saturated heterocycles. The van der Waals surface area contributed by atoms with Crippen molar-refractivity contribution in [3.63, 3.8) is 0 Å². The number of phenols is 2. The van der Waals surface area contributed by atoms with Gasteiger partial charge in [0.2, 0.25) is 0 Å². The predicted octanol–water partition coefficient (Wildman–Crippen LogP) is 2.38. The van der Waals surface area contributed by atoms with E-state index in [2.05, 4.69) is 4.42 Å². The molecule has 0 fully saturated rings. The molecule has 0 aliphatic rings. The SMILES string of the molecule is Oc1cccc(O)c1.c1ccoc1. The minimum absolute atomic E-state index is 0.0880. The predicted molar refractivity (Wildman–Crippen MR) is 48.5 cm³/mol. The highest BCUT2D eigenvalue weighted by Gasteiger charge is 1.85. The van der Waals surface area contributed by atoms with Crippen LogP contribution in [0.3, 0.4) is 0 Å². The number of aromatic hydroxyl groups is 2. The van der Waals surface area contributed by atoms with Gasteiger partial charge in [0.25, 0.3) is 0 Å². The van der Waals surface area contributed by atoms with Crippen molar-refractivity contribution in [2.24, 2.45) is 0 Å². The second kappa shape index (κ2) is 4.87. The zero-order chi connectivity index (χ0) is 9.52. The molecule has 0 unspecified atom stereocenters. The molecule has 2 rings (SSSR count). The maximum atomic E-state index is 8.65. The fourth-order valence-electron chi connectivity index (χ4n) is 0.720. The van der Waals surface area contributed by atoms with Crippen LogP contribution in [0.1, 0.15) is 0 Å². The summed E-state index contributed by atoms with van der Waals surface area (Å²) in [5, 5.41) is 17.3. The summed E-state index contributed by atoms with van der Waals surface area (Å²) < 4.78 is 4.58. The number of furan rings is 1. The van der Waals surface area contributed by atoms with Crippen LogP contribution in [0.15, 0.2) is 53.3 Å². The van der Waals surface area contributed by atoms with Crippen LogP contribution in [-0.4, -0.2) is 10.2 Å². The van der Waals surface area contributed by atoms with Crippen molar-refractivity contribution < 1.29 is 14.6 Å². The van der Waals surface area contributed by atoms with Crippen LogP contribution < -0.4 is 0 Å². The largest absolute Gasteiger partial charge is 0.508 e. The monoisotopic (exact) mass is 178 g/mol. The highest BCUT2D eigenvalue weighted by atomic mass is 16.3. The van der Waals surface area contributed by atoms with E-state index in [1.165, 1.54) is 18.2 Å². The lowest BCUT2D eigenvalue weighted by Crippen LogP contribution is -1.61. The molecule has 0 bridgehead atoms. The van der Waals surface area contributed by atoms with Gasteiger partial charge in [0.05, 0.1) is 12.5 Å². The first-order valence-electron chi connectivity index (χ1n) is 3.74. The Morgan fingerprint density at radius 1 is 0.846 bits per heavy atom. The van der Waals surface area contributed by atoms with Crippen molar-refractivity contribution in [3.8, 4) is 11.5 Å². The number of benzene rings is 1. The molecule has 0 aliphatic heterocycles. The summed E-state index contributed by atoms with van der Waals surface area (Å²) in [6.45, 7) is 0. The Hall–Kier alpha value is -1.90. The molecule has 0 aliphatic carbocycles. The van der Waals surface area contributed by atoms with Gasteiger partial charge in [-0.25, -0.2) is 0 Å². The van der Waals surface area contributed by atoms with Gasteiger partial charge in [0, 0.05) is 6.07 Å². The summed E-state index contributed by atoms with van der Waals surface area (Å²) in [5.41, 5.74) is 0. The number of rotatable bonds is 0. The smallest absolute Gasteiger partial charge is 0.119 e. The van der Waals surface area contributed by atoms with E-state index in [1.807, 2.05) is 12.1 Å². The summed E-state index contributed by atoms with van der Waals surface area (Å²) in [4.78, 5) is 0. The average Bonchev–Trinajstić information content (AvgIpc) is 2.59. The van der Waals surface area contributed by atoms with Crippen LogP contribution in [0.5, 0.6) is 11.5 Å². The minimum atomic E-state index is 0.0880. The van der Waals surface area contributed by atoms with E-state index in [4.69, 9.17) is 10.2 Å². The zero-order valence-electron chi connectivity index (χ0n) is 6.92. The summed E-state index contributed by atoms with van der Waals surface area (Å²) >= 11 is 0. The Balaban J connectivity index is 0.000000145. The average molecular weight is 178 g/mol. The van der Waals surface area contributed by atoms with E-state index in [1.54, 1.807) is 18.6 Å². The maximum Gasteiger partial charge on any atom is 0.119 e. The third kappa shape index (κ3) is 3.86. The Bertz CT molecular complexity index is 293. The van der Waals surface area contributed by atoms with Crippen LogP contribution in [0.4, 0.5) is 0 Å². The van der Waals surface area contributed by atoms with Crippen molar-refractivity contribution in [2.45, 2.75) is 0 Å². The van der Waals surface area contributed by atoms with E-state index in [0.717, 1.165) is 0 Å². The second-order valence-corrected chi connectivity index (χ2v) is 2.31. The van der Waals surface area contributed by atoms with Gasteiger partial charge in [-0.2, -0.15) is 0 Å². The van der Waals surface area contributed by atoms with Crippen molar-refractivity contribution in [1.29, 1.82) is 0 Å². The fourth-order valence-corrected chi connectivity index (χ4v) is 0.720. The van der Waals surface area contributed by atoms with E-state index in [9.17, 15) is 0 Å². The Morgan fingerprint density at radius 3 is 1.62 bits per heavy atom. The standard InChI is InChI=1S/C6H6O2.C4H4O/c7-5-2-1-3-6(8)4-5;1-2-4-5-3-1/h1-4,7-8H;1-4H. The van der Waals surface area contributed by atoms with Gasteiger partial charge >= 0.3 is 0 Å². The first-order valence-corrected chi connectivity index (χ1v) is 3.74. The van der Waals surface area contributed by atoms with E-state index in [-0.39, 0.29) is 11.5 Å². The van der Waals surface area contributed by atoms with Crippen LogP contribution in [0, 0.1) is 0 Å². The summed E-state index contributed by atoms with van der Waals surface area (Å²) in [6.07, 6.45) is 3.25. The third-order valence-electron chi connectivity index (χ3n) is 1.26. The molecule has 68 valence electrons. The lowest BCUT2D eigenvalue weighted by molar-refractivity contribution is 0.450. The molecule has 1 aromatic carbocycles. The van der Waals surface area contributed by atoms with Gasteiger partial charge < -0.3 is 14.6 Å². The molecule has 3 nitrogen and oxygen atoms in total. The molecular weight excluding hydrogens is 168 g/mol. The van der Waals surface area contributed by atoms with Crippen LogP contribution in [-0.2, 0) is 0 Å². The molecular formula is C10H10O3. The third-order valence-corrected chi connectivity index (χ3v) is 1.26. The summed E-state index contributed by atoms with van der Waals surface area (Å²) in [7, 11) is 0. The number of hydrogen-bond acceptors (Lipinski definition) is 3. The van der Waals surface area contributed by atoms with E-state index < -0.39 is 0 Å². The molecule has 0 saturated carbocycles. The molecule has 0 amide bonds. The Kier molecular flexibility index (Phi) is 3.45. The van der Waals surface area contributed by atoms with Crippen molar-refractivity contribution in [3.05, 3.63) is 48.9 Å². The normalized spacial score (nSPS) is 8.62. The van der Waals surface area contributed by atoms with E-state index in [0.29, 0.717) is 0 Å². The fraction of sp³-hybridized carbons (Fsp3) is 0. The summed E-state index contributed by atoms with van der Waals surface area (Å²) in [6, 6.07) is 9.52. The maximum absolute atomic E-state index is 8.65. The molecule has 0 spiro atoms. The van der Waals surface area contributed by atoms with Crippen LogP contribution in [0.25, 0.3) is 0 Å². The molecule has 3 heteroatoms. The zero-order valence-corrected chi connectivity index (χ0v) is 6.92. The number of phenolic OH excluding ortho intramolecular Hbond substituents is 2. The van der Waals surface area contributed by atoms with Gasteiger partial charge in [-0.1, -0.05) is 6.07 Å². The molecule has 0 atom stereocenters. The van der Waals surface area contributed by atoms with E-state index >= 15 is 0 Å². The highest BCUT2D eigenvalue weighted by molar-refractivity contribution is 5.30. The lowest BCUT2D eigenvalue weighted by Gasteiger charge is -1.89. The molecule has 1 heterocycles. The van der Waals surface area contributed by atoms with Gasteiger partial charge in [-0.15, -0.1) is 0 Å². The van der Waals surface area contributed by atoms with Gasteiger partial charge in [-0.05, 0) is 24.3 Å². The van der Waals surface area contributed by atoms with Crippen molar-refractivity contribution in [1.82, 2.24) is 0 Å². The molecule has 13 heavy (non-hydrogen) atoms. The first-order chi connectivity index (χ1) is 6.29. The molecule has 1 aromatic heterocycles.